The van der Waals surface area contributed by atoms with Gasteiger partial charge in [-0.1, -0.05) is 6.07 Å². The number of hydrogen-bond acceptors (Lipinski definition) is 6. The zero-order chi connectivity index (χ0) is 33.5. The van der Waals surface area contributed by atoms with Crippen molar-refractivity contribution in [2.45, 2.75) is 72.4 Å². The van der Waals surface area contributed by atoms with Crippen LogP contribution in [0.4, 0.5) is 39.5 Å². The molecular formula is C26H22F9N5O4S. The van der Waals surface area contributed by atoms with Crippen LogP contribution in [0.15, 0.2) is 29.3 Å². The molecule has 2 aliphatic carbocycles. The summed E-state index contributed by atoms with van der Waals surface area (Å²) in [6, 6.07) is 1.26. The lowest BCUT2D eigenvalue weighted by Crippen LogP contribution is -2.53. The summed E-state index contributed by atoms with van der Waals surface area (Å²) in [5.74, 6) is -2.75. The van der Waals surface area contributed by atoms with Crippen LogP contribution in [0.1, 0.15) is 43.4 Å². The third kappa shape index (κ3) is 5.61. The van der Waals surface area contributed by atoms with Gasteiger partial charge in [0.1, 0.15) is 17.0 Å². The topological polar surface area (TPSA) is 125 Å². The van der Waals surface area contributed by atoms with E-state index in [1.54, 1.807) is 0 Å². The second-order valence-electron chi connectivity index (χ2n) is 11.4. The summed E-state index contributed by atoms with van der Waals surface area (Å²) in [6.07, 6.45) is -16.6. The Hall–Kier alpha value is -3.82. The van der Waals surface area contributed by atoms with Gasteiger partial charge in [-0.25, -0.2) is 8.42 Å². The van der Waals surface area contributed by atoms with E-state index in [2.05, 4.69) is 10.4 Å². The summed E-state index contributed by atoms with van der Waals surface area (Å²) in [6.45, 7) is -1.07. The van der Waals surface area contributed by atoms with E-state index < -0.39 is 116 Å². The standard InChI is InChI=1S/C26H22F9N5O4S/c1-39-11-15(19(38-39)25(30,31)32)13-2-3-18(16(8-13)24(27,28)29)45(43,44)14-9-17(20(41)37-22(12-36)4-5-22)40(10-14)21(42)23(6-7-23)26(33,34)35/h2-3,8,11,14,17H,4-7,9-10H2,1H3,(H,37,41)/t14-,17+/m1/s1. The predicted molar refractivity (Wildman–Crippen MR) is 133 cm³/mol. The van der Waals surface area contributed by atoms with Gasteiger partial charge in [-0.15, -0.1) is 0 Å². The monoisotopic (exact) mass is 671 g/mol. The highest BCUT2D eigenvalue weighted by atomic mass is 32.2. The number of alkyl halides is 9. The van der Waals surface area contributed by atoms with Crippen molar-refractivity contribution in [3.8, 4) is 17.2 Å². The van der Waals surface area contributed by atoms with Gasteiger partial charge in [0, 0.05) is 25.4 Å². The Labute approximate surface area is 248 Å². The summed E-state index contributed by atoms with van der Waals surface area (Å²) < 4.78 is 153. The highest BCUT2D eigenvalue weighted by molar-refractivity contribution is 7.92. The highest BCUT2D eigenvalue weighted by Gasteiger charge is 2.70. The number of aromatic nitrogens is 2. The number of rotatable bonds is 6. The zero-order valence-electron chi connectivity index (χ0n) is 22.9. The molecule has 3 fully saturated rings. The minimum absolute atomic E-state index is 0.179. The van der Waals surface area contributed by atoms with Gasteiger partial charge < -0.3 is 10.2 Å². The lowest BCUT2D eigenvalue weighted by atomic mass is 10.0. The molecule has 2 amide bonds. The molecule has 45 heavy (non-hydrogen) atoms. The van der Waals surface area contributed by atoms with E-state index >= 15 is 0 Å². The van der Waals surface area contributed by atoms with E-state index in [1.807, 2.05) is 6.07 Å². The molecule has 19 heteroatoms. The number of likely N-dealkylation sites (tertiary alicyclic amines) is 1. The Morgan fingerprint density at radius 2 is 1.64 bits per heavy atom. The van der Waals surface area contributed by atoms with Crippen LogP contribution in [-0.4, -0.2) is 64.5 Å². The Bertz CT molecular complexity index is 1720. The number of halogens is 9. The predicted octanol–water partition coefficient (Wildman–Crippen LogP) is 4.38. The first-order chi connectivity index (χ1) is 20.6. The Morgan fingerprint density at radius 1 is 1.02 bits per heavy atom. The number of nitrogens with one attached hydrogen (secondary N) is 1. The van der Waals surface area contributed by atoms with Gasteiger partial charge in [-0.2, -0.15) is 49.9 Å². The maximum absolute atomic E-state index is 14.2. The fourth-order valence-corrected chi connectivity index (χ4v) is 7.37. The summed E-state index contributed by atoms with van der Waals surface area (Å²) in [5, 5.41) is 12.8. The van der Waals surface area contributed by atoms with Crippen LogP contribution >= 0.6 is 0 Å². The lowest BCUT2D eigenvalue weighted by molar-refractivity contribution is -0.199. The van der Waals surface area contributed by atoms with E-state index in [1.165, 1.54) is 0 Å². The van der Waals surface area contributed by atoms with Crippen LogP contribution in [0.25, 0.3) is 11.1 Å². The van der Waals surface area contributed by atoms with Crippen LogP contribution in [0.3, 0.4) is 0 Å². The second kappa shape index (κ2) is 10.1. The molecule has 1 saturated heterocycles. The molecule has 1 aliphatic heterocycles. The molecule has 1 aromatic heterocycles. The number of hydrogen-bond donors (Lipinski definition) is 1. The fourth-order valence-electron chi connectivity index (χ4n) is 5.48. The molecule has 0 unspecified atom stereocenters. The van der Waals surface area contributed by atoms with Crippen molar-refractivity contribution >= 4 is 21.7 Å². The number of sulfone groups is 1. The molecule has 1 N–H and O–H groups in total. The third-order valence-corrected chi connectivity index (χ3v) is 10.5. The van der Waals surface area contributed by atoms with Gasteiger partial charge in [0.15, 0.2) is 15.5 Å². The molecule has 9 nitrogen and oxygen atoms in total. The van der Waals surface area contributed by atoms with Gasteiger partial charge in [0.05, 0.1) is 21.8 Å². The zero-order valence-corrected chi connectivity index (χ0v) is 23.8. The SMILES string of the molecule is Cn1cc(-c2ccc(S(=O)(=O)[C@@H]3C[C@@H](C(=O)NC4(C#N)CC4)N(C(=O)C4(C(F)(F)F)CC4)C3)c(C(F)(F)F)c2)c(C(F)(F)F)n1. The lowest BCUT2D eigenvalue weighted by Gasteiger charge is -2.29. The van der Waals surface area contributed by atoms with Crippen LogP contribution in [0.2, 0.25) is 0 Å². The minimum Gasteiger partial charge on any atom is -0.336 e. The number of nitriles is 1. The van der Waals surface area contributed by atoms with Gasteiger partial charge >= 0.3 is 18.5 Å². The molecule has 2 saturated carbocycles. The van der Waals surface area contributed by atoms with Crippen LogP contribution in [0, 0.1) is 16.7 Å². The first kappa shape index (κ1) is 32.6. The smallest absolute Gasteiger partial charge is 0.336 e. The molecule has 0 radical (unpaired) electrons. The van der Waals surface area contributed by atoms with Gasteiger partial charge in [-0.05, 0) is 49.8 Å². The average molecular weight is 672 g/mol. The molecule has 0 bridgehead atoms. The van der Waals surface area contributed by atoms with Crippen molar-refractivity contribution in [2.75, 3.05) is 6.54 Å². The fraction of sp³-hybridized carbons (Fsp3) is 0.538. The molecule has 2 atom stereocenters. The van der Waals surface area contributed by atoms with Crippen molar-refractivity contribution in [1.29, 1.82) is 5.26 Å². The van der Waals surface area contributed by atoms with Crippen LogP contribution in [0.5, 0.6) is 0 Å². The number of amides is 2. The van der Waals surface area contributed by atoms with E-state index in [4.69, 9.17) is 0 Å². The summed E-state index contributed by atoms with van der Waals surface area (Å²) >= 11 is 0. The first-order valence-electron chi connectivity index (χ1n) is 13.2. The van der Waals surface area contributed by atoms with Crippen LogP contribution in [-0.2, 0) is 38.8 Å². The molecule has 0 spiro atoms. The molecule has 244 valence electrons. The quantitative estimate of drug-likeness (QED) is 0.455. The Morgan fingerprint density at radius 3 is 2.13 bits per heavy atom. The molecule has 1 aromatic carbocycles. The summed E-state index contributed by atoms with van der Waals surface area (Å²) in [4.78, 5) is 25.3. The van der Waals surface area contributed by atoms with Crippen molar-refractivity contribution in [3.05, 3.63) is 35.7 Å². The first-order valence-corrected chi connectivity index (χ1v) is 14.8. The summed E-state index contributed by atoms with van der Waals surface area (Å²) in [7, 11) is -4.10. The minimum atomic E-state index is -5.44. The summed E-state index contributed by atoms with van der Waals surface area (Å²) in [5.41, 5.74) is -9.10. The van der Waals surface area contributed by atoms with Gasteiger partial charge in [0.2, 0.25) is 11.8 Å². The van der Waals surface area contributed by atoms with Crippen molar-refractivity contribution in [2.24, 2.45) is 12.5 Å². The van der Waals surface area contributed by atoms with E-state index in [0.717, 1.165) is 13.2 Å². The van der Waals surface area contributed by atoms with Gasteiger partial charge in [-0.3, -0.25) is 14.3 Å². The van der Waals surface area contributed by atoms with Crippen molar-refractivity contribution in [1.82, 2.24) is 20.0 Å². The second-order valence-corrected chi connectivity index (χ2v) is 13.6. The molecule has 2 aromatic rings. The maximum atomic E-state index is 14.2. The number of benzene rings is 1. The molecule has 2 heterocycles. The number of aryl methyl sites for hydroxylation is 1. The largest absolute Gasteiger partial charge is 0.435 e. The van der Waals surface area contributed by atoms with E-state index in [0.29, 0.717) is 21.7 Å². The molecule has 3 aliphatic rings. The third-order valence-electron chi connectivity index (χ3n) is 8.29. The highest BCUT2D eigenvalue weighted by Crippen LogP contribution is 2.59. The van der Waals surface area contributed by atoms with Crippen molar-refractivity contribution < 1.29 is 57.5 Å². The average Bonchev–Trinajstić information content (AvgIpc) is 3.81. The maximum Gasteiger partial charge on any atom is 0.435 e. The Kier molecular flexibility index (Phi) is 7.30. The number of carbonyl (C=O) groups excluding carboxylic acids is 2. The van der Waals surface area contributed by atoms with Crippen molar-refractivity contribution in [3.63, 3.8) is 0 Å². The Balaban J connectivity index is 1.55. The number of carbonyl (C=O) groups is 2. The normalized spacial score (nSPS) is 22.6. The molecular weight excluding hydrogens is 649 g/mol. The van der Waals surface area contributed by atoms with E-state index in [-0.39, 0.29) is 18.9 Å². The van der Waals surface area contributed by atoms with Gasteiger partial charge in [0.25, 0.3) is 0 Å². The molecule has 5 rings (SSSR count). The van der Waals surface area contributed by atoms with E-state index in [9.17, 15) is 62.8 Å². The van der Waals surface area contributed by atoms with Crippen LogP contribution < -0.4 is 5.32 Å². The number of nitrogens with zero attached hydrogens (tertiary/aromatic N) is 4.